The van der Waals surface area contributed by atoms with Gasteiger partial charge >= 0.3 is 7.12 Å². The molecule has 1 atom stereocenters. The van der Waals surface area contributed by atoms with Crippen LogP contribution >= 0.6 is 0 Å². The average Bonchev–Trinajstić information content (AvgIpc) is 2.75. The fourth-order valence-electron chi connectivity index (χ4n) is 4.00. The molecule has 0 aromatic rings. The predicted molar refractivity (Wildman–Crippen MR) is 60.8 cm³/mol. The van der Waals surface area contributed by atoms with Crippen molar-refractivity contribution in [3.05, 3.63) is 0 Å². The fraction of sp³-hybridized carbons (Fsp3) is 1.00. The average molecular weight is 208 g/mol. The normalized spacial score (nSPS) is 45.8. The van der Waals surface area contributed by atoms with Crippen molar-refractivity contribution in [2.75, 3.05) is 6.61 Å². The van der Waals surface area contributed by atoms with E-state index in [1.165, 1.54) is 38.5 Å². The molecule has 0 N–H and O–H groups in total. The van der Waals surface area contributed by atoms with Crippen LogP contribution < -0.4 is 0 Å². The molecule has 3 fully saturated rings. The van der Waals surface area contributed by atoms with E-state index in [4.69, 9.17) is 9.31 Å². The van der Waals surface area contributed by atoms with Crippen LogP contribution in [0.3, 0.4) is 0 Å². The molecule has 3 aliphatic rings. The van der Waals surface area contributed by atoms with Gasteiger partial charge in [-0.2, -0.15) is 0 Å². The lowest BCUT2D eigenvalue weighted by Crippen LogP contribution is -2.44. The van der Waals surface area contributed by atoms with Crippen molar-refractivity contribution in [3.63, 3.8) is 0 Å². The Morgan fingerprint density at radius 2 is 1.87 bits per heavy atom. The topological polar surface area (TPSA) is 18.5 Å². The highest BCUT2D eigenvalue weighted by molar-refractivity contribution is 6.49. The van der Waals surface area contributed by atoms with Crippen LogP contribution in [0.5, 0.6) is 0 Å². The second kappa shape index (κ2) is 3.78. The molecule has 3 heteroatoms. The van der Waals surface area contributed by atoms with Crippen molar-refractivity contribution >= 4 is 7.12 Å². The Bertz CT molecular complexity index is 234. The van der Waals surface area contributed by atoms with Crippen molar-refractivity contribution in [1.29, 1.82) is 0 Å². The first-order valence-corrected chi connectivity index (χ1v) is 6.58. The van der Waals surface area contributed by atoms with Gasteiger partial charge in [0.15, 0.2) is 0 Å². The van der Waals surface area contributed by atoms with Crippen LogP contribution in [0.1, 0.15) is 51.9 Å². The second-order valence-corrected chi connectivity index (χ2v) is 5.65. The van der Waals surface area contributed by atoms with Crippen LogP contribution in [0, 0.1) is 5.92 Å². The molecule has 1 unspecified atom stereocenters. The minimum atomic E-state index is 0.122. The summed E-state index contributed by atoms with van der Waals surface area (Å²) in [6.07, 6.45) is 9.76. The van der Waals surface area contributed by atoms with E-state index in [0.29, 0.717) is 11.4 Å². The van der Waals surface area contributed by atoms with Crippen LogP contribution in [0.4, 0.5) is 0 Å². The van der Waals surface area contributed by atoms with Gasteiger partial charge in [0.25, 0.3) is 0 Å². The van der Waals surface area contributed by atoms with E-state index in [2.05, 4.69) is 6.92 Å². The molecule has 1 heterocycles. The number of rotatable bonds is 1. The van der Waals surface area contributed by atoms with Gasteiger partial charge in [0.2, 0.25) is 0 Å². The van der Waals surface area contributed by atoms with E-state index in [0.717, 1.165) is 18.9 Å². The monoisotopic (exact) mass is 208 g/mol. The highest BCUT2D eigenvalue weighted by atomic mass is 16.6. The smallest absolute Gasteiger partial charge is 0.411 e. The first-order chi connectivity index (χ1) is 7.31. The van der Waals surface area contributed by atoms with E-state index >= 15 is 0 Å². The van der Waals surface area contributed by atoms with E-state index in [-0.39, 0.29) is 7.12 Å². The molecule has 2 aliphatic carbocycles. The quantitative estimate of drug-likeness (QED) is 0.616. The fourth-order valence-corrected chi connectivity index (χ4v) is 4.00. The summed E-state index contributed by atoms with van der Waals surface area (Å²) in [7, 11) is 0.122. The molecule has 1 aliphatic heterocycles. The van der Waals surface area contributed by atoms with Gasteiger partial charge in [-0.05, 0) is 32.1 Å². The van der Waals surface area contributed by atoms with Crippen molar-refractivity contribution in [2.45, 2.75) is 63.3 Å². The molecule has 0 aromatic carbocycles. The molecule has 15 heavy (non-hydrogen) atoms. The Kier molecular flexibility index (Phi) is 2.56. The number of hydrogen-bond acceptors (Lipinski definition) is 2. The Morgan fingerprint density at radius 3 is 2.53 bits per heavy atom. The maximum absolute atomic E-state index is 6.05. The van der Waals surface area contributed by atoms with Crippen LogP contribution in [-0.4, -0.2) is 19.8 Å². The van der Waals surface area contributed by atoms with Crippen molar-refractivity contribution < 1.29 is 9.31 Å². The zero-order valence-electron chi connectivity index (χ0n) is 9.71. The van der Waals surface area contributed by atoms with Gasteiger partial charge in [-0.15, -0.1) is 0 Å². The molecule has 2 saturated carbocycles. The van der Waals surface area contributed by atoms with Gasteiger partial charge in [-0.1, -0.05) is 25.7 Å². The van der Waals surface area contributed by atoms with Gasteiger partial charge < -0.3 is 9.31 Å². The first kappa shape index (κ1) is 10.2. The lowest BCUT2D eigenvalue weighted by molar-refractivity contribution is 0.0587. The Labute approximate surface area is 92.9 Å². The van der Waals surface area contributed by atoms with E-state index < -0.39 is 0 Å². The molecule has 0 amide bonds. The van der Waals surface area contributed by atoms with E-state index in [1.807, 2.05) is 0 Å². The molecule has 84 valence electrons. The maximum Gasteiger partial charge on any atom is 0.464 e. The molecule has 2 nitrogen and oxygen atoms in total. The van der Waals surface area contributed by atoms with Crippen molar-refractivity contribution in [1.82, 2.24) is 0 Å². The third-order valence-electron chi connectivity index (χ3n) is 4.82. The van der Waals surface area contributed by atoms with Crippen molar-refractivity contribution in [2.24, 2.45) is 5.92 Å². The van der Waals surface area contributed by atoms with Crippen molar-refractivity contribution in [3.8, 4) is 0 Å². The highest BCUT2D eigenvalue weighted by Crippen LogP contribution is 2.62. The molecule has 0 radical (unpaired) electrons. The van der Waals surface area contributed by atoms with Gasteiger partial charge in [-0.3, -0.25) is 0 Å². The number of fused-ring (bicyclic) bond motifs is 1. The lowest BCUT2D eigenvalue weighted by atomic mass is 9.52. The standard InChI is InChI=1S/C12H21BO2/c1-10-6-9-14-13(15-10)12-7-2-4-11(12)5-3-8-12/h10-11H,2-9H2,1H3. The molecular formula is C12H21BO2. The third-order valence-corrected chi connectivity index (χ3v) is 4.82. The first-order valence-electron chi connectivity index (χ1n) is 6.58. The molecule has 1 saturated heterocycles. The Hall–Kier alpha value is -0.0151. The second-order valence-electron chi connectivity index (χ2n) is 5.65. The molecule has 0 spiro atoms. The minimum Gasteiger partial charge on any atom is -0.411 e. The minimum absolute atomic E-state index is 0.122. The lowest BCUT2D eigenvalue weighted by Gasteiger charge is -2.38. The molecule has 0 aromatic heterocycles. The summed E-state index contributed by atoms with van der Waals surface area (Å²) < 4.78 is 12.0. The van der Waals surface area contributed by atoms with Gasteiger partial charge in [0.05, 0.1) is 0 Å². The summed E-state index contributed by atoms with van der Waals surface area (Å²) >= 11 is 0. The van der Waals surface area contributed by atoms with Gasteiger partial charge in [0.1, 0.15) is 0 Å². The van der Waals surface area contributed by atoms with Gasteiger partial charge in [0, 0.05) is 18.0 Å². The van der Waals surface area contributed by atoms with Crippen LogP contribution in [0.15, 0.2) is 0 Å². The molecule has 3 rings (SSSR count). The maximum atomic E-state index is 6.05. The van der Waals surface area contributed by atoms with E-state index in [9.17, 15) is 0 Å². The Balaban J connectivity index is 1.78. The molecular weight excluding hydrogens is 187 g/mol. The number of hydrogen-bond donors (Lipinski definition) is 0. The summed E-state index contributed by atoms with van der Waals surface area (Å²) in [5.41, 5.74) is 0. The van der Waals surface area contributed by atoms with Crippen LogP contribution in [0.2, 0.25) is 5.31 Å². The zero-order chi connectivity index (χ0) is 10.3. The Morgan fingerprint density at radius 1 is 1.13 bits per heavy atom. The van der Waals surface area contributed by atoms with E-state index in [1.54, 1.807) is 0 Å². The summed E-state index contributed by atoms with van der Waals surface area (Å²) in [6, 6.07) is 0. The largest absolute Gasteiger partial charge is 0.464 e. The zero-order valence-corrected chi connectivity index (χ0v) is 9.71. The predicted octanol–water partition coefficient (Wildman–Crippen LogP) is 3.02. The third kappa shape index (κ3) is 1.55. The van der Waals surface area contributed by atoms with Crippen LogP contribution in [-0.2, 0) is 9.31 Å². The molecule has 0 bridgehead atoms. The summed E-state index contributed by atoms with van der Waals surface area (Å²) in [5.74, 6) is 0.896. The summed E-state index contributed by atoms with van der Waals surface area (Å²) in [4.78, 5) is 0. The van der Waals surface area contributed by atoms with Gasteiger partial charge in [-0.25, -0.2) is 0 Å². The SMILES string of the molecule is CC1CCOB(C23CCCC2CCC3)O1. The highest BCUT2D eigenvalue weighted by Gasteiger charge is 2.56. The van der Waals surface area contributed by atoms with Crippen LogP contribution in [0.25, 0.3) is 0 Å². The summed E-state index contributed by atoms with van der Waals surface area (Å²) in [6.45, 7) is 3.09. The summed E-state index contributed by atoms with van der Waals surface area (Å²) in [5, 5.41) is 0.411.